The van der Waals surface area contributed by atoms with Crippen LogP contribution in [0, 0.1) is 0 Å². The maximum atomic E-state index is 2.31. The van der Waals surface area contributed by atoms with E-state index in [-0.39, 0.29) is 12.4 Å². The molecule has 0 aromatic rings. The molecule has 0 aliphatic carbocycles. The number of hydrogen-bond donors (Lipinski definition) is 1. The first-order valence-corrected chi connectivity index (χ1v) is 3.67. The summed E-state index contributed by atoms with van der Waals surface area (Å²) in [6.45, 7) is 3.69. The molecule has 0 saturated carbocycles. The van der Waals surface area contributed by atoms with Crippen LogP contribution in [0.2, 0.25) is 0 Å². The monoisotopic (exact) mass is 149 g/mol. The summed E-state index contributed by atoms with van der Waals surface area (Å²) < 4.78 is 0. The summed E-state index contributed by atoms with van der Waals surface area (Å²) in [6, 6.07) is 0.981. The van der Waals surface area contributed by atoms with Crippen molar-refractivity contribution in [2.45, 2.75) is 32.2 Å². The van der Waals surface area contributed by atoms with Crippen molar-refractivity contribution >= 4 is 0 Å². The molecule has 0 radical (unpaired) electrons. The smallest absolute Gasteiger partial charge is 0.0872 e. The molecule has 1 fully saturated rings. The predicted molar refractivity (Wildman–Crippen MR) is 35.1 cm³/mol. The molecule has 1 saturated heterocycles. The average Bonchev–Trinajstić information content (AvgIpc) is 2.14. The Bertz CT molecular complexity index is 75.3. The van der Waals surface area contributed by atoms with Gasteiger partial charge in [-0.05, 0) is 6.42 Å². The molecule has 0 aromatic carbocycles. The van der Waals surface area contributed by atoms with Crippen molar-refractivity contribution in [1.29, 1.82) is 0 Å². The van der Waals surface area contributed by atoms with Gasteiger partial charge in [-0.15, -0.1) is 0 Å². The van der Waals surface area contributed by atoms with Crippen LogP contribution in [0.1, 0.15) is 26.2 Å². The SMILES string of the molecule is CCC1CCC[NH+]1C.[Cl-]. The van der Waals surface area contributed by atoms with Crippen LogP contribution in [-0.2, 0) is 0 Å². The van der Waals surface area contributed by atoms with E-state index in [9.17, 15) is 0 Å². The van der Waals surface area contributed by atoms with E-state index in [0.29, 0.717) is 0 Å². The molecule has 56 valence electrons. The Balaban J connectivity index is 0.000000640. The van der Waals surface area contributed by atoms with Gasteiger partial charge in [0.2, 0.25) is 0 Å². The van der Waals surface area contributed by atoms with Crippen molar-refractivity contribution in [2.24, 2.45) is 0 Å². The Labute approximate surface area is 63.8 Å². The molecular weight excluding hydrogens is 134 g/mol. The zero-order valence-electron chi connectivity index (χ0n) is 6.28. The van der Waals surface area contributed by atoms with Gasteiger partial charge in [0.25, 0.3) is 0 Å². The van der Waals surface area contributed by atoms with Crippen LogP contribution >= 0.6 is 0 Å². The number of likely N-dealkylation sites (tertiary alicyclic amines) is 1. The van der Waals surface area contributed by atoms with E-state index in [1.165, 1.54) is 25.8 Å². The normalized spacial score (nSPS) is 34.0. The molecule has 2 atom stereocenters. The maximum Gasteiger partial charge on any atom is 0.0872 e. The highest BCUT2D eigenvalue weighted by Gasteiger charge is 2.21. The third-order valence-electron chi connectivity index (χ3n) is 2.31. The van der Waals surface area contributed by atoms with Crippen LogP contribution in [0.5, 0.6) is 0 Å². The largest absolute Gasteiger partial charge is 1.00 e. The van der Waals surface area contributed by atoms with Crippen molar-refractivity contribution in [2.75, 3.05) is 13.6 Å². The molecule has 2 heteroatoms. The van der Waals surface area contributed by atoms with Gasteiger partial charge in [0.05, 0.1) is 19.6 Å². The van der Waals surface area contributed by atoms with Crippen molar-refractivity contribution in [3.63, 3.8) is 0 Å². The third-order valence-corrected chi connectivity index (χ3v) is 2.31. The van der Waals surface area contributed by atoms with Gasteiger partial charge < -0.3 is 17.3 Å². The van der Waals surface area contributed by atoms with Crippen LogP contribution in [0.25, 0.3) is 0 Å². The fourth-order valence-electron chi connectivity index (χ4n) is 1.63. The van der Waals surface area contributed by atoms with Gasteiger partial charge in [0.15, 0.2) is 0 Å². The van der Waals surface area contributed by atoms with Gasteiger partial charge in [-0.3, -0.25) is 0 Å². The Morgan fingerprint density at radius 3 is 2.44 bits per heavy atom. The third kappa shape index (κ3) is 2.15. The second kappa shape index (κ2) is 4.13. The molecule has 1 aliphatic rings. The first kappa shape index (κ1) is 9.25. The molecular formula is C7H16ClN. The minimum Gasteiger partial charge on any atom is -1.00 e. The highest BCUT2D eigenvalue weighted by Crippen LogP contribution is 2.01. The molecule has 0 amide bonds. The predicted octanol–water partition coefficient (Wildman–Crippen LogP) is -2.92. The van der Waals surface area contributed by atoms with Crippen LogP contribution in [-0.4, -0.2) is 19.6 Å². The van der Waals surface area contributed by atoms with Crippen molar-refractivity contribution in [1.82, 2.24) is 0 Å². The fourth-order valence-corrected chi connectivity index (χ4v) is 1.63. The van der Waals surface area contributed by atoms with Gasteiger partial charge >= 0.3 is 0 Å². The Hall–Kier alpha value is 0.250. The standard InChI is InChI=1S/C7H15N.ClH/c1-3-7-5-4-6-8(7)2;/h7H,3-6H2,1-2H3;1H. The van der Waals surface area contributed by atoms with Crippen LogP contribution < -0.4 is 17.3 Å². The number of nitrogens with one attached hydrogen (secondary N) is 1. The topological polar surface area (TPSA) is 4.44 Å². The second-order valence-corrected chi connectivity index (χ2v) is 2.84. The Morgan fingerprint density at radius 2 is 2.22 bits per heavy atom. The molecule has 1 aliphatic heterocycles. The van der Waals surface area contributed by atoms with Gasteiger partial charge in [-0.25, -0.2) is 0 Å². The Morgan fingerprint density at radius 1 is 1.56 bits per heavy atom. The average molecular weight is 150 g/mol. The summed E-state index contributed by atoms with van der Waals surface area (Å²) in [5, 5.41) is 0. The molecule has 1 N–H and O–H groups in total. The van der Waals surface area contributed by atoms with E-state index >= 15 is 0 Å². The molecule has 1 rings (SSSR count). The molecule has 9 heavy (non-hydrogen) atoms. The maximum absolute atomic E-state index is 2.31. The number of hydrogen-bond acceptors (Lipinski definition) is 0. The first-order valence-electron chi connectivity index (χ1n) is 3.67. The summed E-state index contributed by atoms with van der Waals surface area (Å²) in [7, 11) is 2.31. The van der Waals surface area contributed by atoms with Crippen LogP contribution in [0.3, 0.4) is 0 Å². The zero-order chi connectivity index (χ0) is 5.98. The minimum atomic E-state index is 0. The second-order valence-electron chi connectivity index (χ2n) is 2.84. The lowest BCUT2D eigenvalue weighted by molar-refractivity contribution is -0.892. The summed E-state index contributed by atoms with van der Waals surface area (Å²) in [4.78, 5) is 1.74. The number of rotatable bonds is 1. The van der Waals surface area contributed by atoms with Gasteiger partial charge in [-0.2, -0.15) is 0 Å². The quantitative estimate of drug-likeness (QED) is 0.408. The van der Waals surface area contributed by atoms with Gasteiger partial charge in [0, 0.05) is 12.8 Å². The van der Waals surface area contributed by atoms with Crippen molar-refractivity contribution in [3.05, 3.63) is 0 Å². The summed E-state index contributed by atoms with van der Waals surface area (Å²) in [5.74, 6) is 0. The molecule has 1 heterocycles. The molecule has 0 spiro atoms. The summed E-state index contributed by atoms with van der Waals surface area (Å²) in [5.41, 5.74) is 0. The highest BCUT2D eigenvalue weighted by molar-refractivity contribution is 4.57. The van der Waals surface area contributed by atoms with Gasteiger partial charge in [-0.1, -0.05) is 6.92 Å². The zero-order valence-corrected chi connectivity index (χ0v) is 7.04. The van der Waals surface area contributed by atoms with E-state index < -0.39 is 0 Å². The minimum absolute atomic E-state index is 0. The van der Waals surface area contributed by atoms with Crippen molar-refractivity contribution in [3.8, 4) is 0 Å². The molecule has 0 bridgehead atoms. The molecule has 1 nitrogen and oxygen atoms in total. The van der Waals surface area contributed by atoms with E-state index in [0.717, 1.165) is 6.04 Å². The van der Waals surface area contributed by atoms with Crippen LogP contribution in [0.4, 0.5) is 0 Å². The van der Waals surface area contributed by atoms with E-state index in [4.69, 9.17) is 0 Å². The number of halogens is 1. The van der Waals surface area contributed by atoms with Crippen LogP contribution in [0.15, 0.2) is 0 Å². The summed E-state index contributed by atoms with van der Waals surface area (Å²) >= 11 is 0. The fraction of sp³-hybridized carbons (Fsp3) is 1.00. The lowest BCUT2D eigenvalue weighted by Crippen LogP contribution is -3.10. The van der Waals surface area contributed by atoms with E-state index in [1.54, 1.807) is 4.90 Å². The number of quaternary nitrogens is 1. The lowest BCUT2D eigenvalue weighted by atomic mass is 10.2. The van der Waals surface area contributed by atoms with Crippen molar-refractivity contribution < 1.29 is 17.3 Å². The molecule has 2 unspecified atom stereocenters. The summed E-state index contributed by atoms with van der Waals surface area (Å²) in [6.07, 6.45) is 4.28. The van der Waals surface area contributed by atoms with E-state index in [2.05, 4.69) is 14.0 Å². The highest BCUT2D eigenvalue weighted by atomic mass is 35.5. The van der Waals surface area contributed by atoms with Gasteiger partial charge in [0.1, 0.15) is 0 Å². The lowest BCUT2D eigenvalue weighted by Gasteiger charge is -2.13. The first-order chi connectivity index (χ1) is 3.84. The molecule has 0 aromatic heterocycles. The van der Waals surface area contributed by atoms with E-state index in [1.807, 2.05) is 0 Å². The Kier molecular flexibility index (Phi) is 4.24.